The van der Waals surface area contributed by atoms with Gasteiger partial charge < -0.3 is 14.8 Å². The first-order valence-corrected chi connectivity index (χ1v) is 10.6. The van der Waals surface area contributed by atoms with Gasteiger partial charge in [-0.25, -0.2) is 4.79 Å². The molecule has 7 nitrogen and oxygen atoms in total. The number of ketones is 1. The lowest BCUT2D eigenvalue weighted by Crippen LogP contribution is -2.48. The van der Waals surface area contributed by atoms with Crippen LogP contribution in [0.1, 0.15) is 85.5 Å². The first kappa shape index (κ1) is 25.1. The molecule has 1 fully saturated rings. The monoisotopic (exact) mass is 411 g/mol. The fourth-order valence-electron chi connectivity index (χ4n) is 3.74. The summed E-state index contributed by atoms with van der Waals surface area (Å²) in [6, 6.07) is -1.35. The Balaban J connectivity index is 2.75. The van der Waals surface area contributed by atoms with Crippen molar-refractivity contribution in [1.82, 2.24) is 5.32 Å². The molecular formula is C22H37NO6. The van der Waals surface area contributed by atoms with Crippen molar-refractivity contribution in [2.45, 2.75) is 97.1 Å². The number of carbonyl (C=O) groups excluding carboxylic acids is 4. The Morgan fingerprint density at radius 1 is 1.07 bits per heavy atom. The molecule has 1 N–H and O–H groups in total. The molecule has 1 unspecified atom stereocenters. The van der Waals surface area contributed by atoms with Crippen LogP contribution in [-0.2, 0) is 28.7 Å². The third kappa shape index (κ3) is 9.90. The van der Waals surface area contributed by atoms with Crippen LogP contribution in [-0.4, -0.2) is 42.4 Å². The minimum absolute atomic E-state index is 0.0838. The Labute approximate surface area is 174 Å². The standard InChI is InChI=1S/C22H37NO6/c1-15(24)19(21(27)28-5)23-20(26)17(14-18(25)29-22(2,3)4)13-9-12-16-10-7-6-8-11-16/h16-17,19H,6-14H2,1-5H3,(H,23,26)/t17-,19?/m1/s1. The molecule has 0 radical (unpaired) electrons. The highest BCUT2D eigenvalue weighted by Crippen LogP contribution is 2.29. The molecule has 1 saturated carbocycles. The number of hydrogen-bond acceptors (Lipinski definition) is 6. The van der Waals surface area contributed by atoms with E-state index in [2.05, 4.69) is 10.1 Å². The van der Waals surface area contributed by atoms with E-state index in [4.69, 9.17) is 4.74 Å². The molecule has 29 heavy (non-hydrogen) atoms. The number of nitrogens with one attached hydrogen (secondary N) is 1. The maximum Gasteiger partial charge on any atom is 0.336 e. The molecule has 0 heterocycles. The summed E-state index contributed by atoms with van der Waals surface area (Å²) in [6.07, 6.45) is 8.50. The van der Waals surface area contributed by atoms with Crippen LogP contribution in [0.5, 0.6) is 0 Å². The maximum atomic E-state index is 12.8. The van der Waals surface area contributed by atoms with Crippen molar-refractivity contribution in [3.05, 3.63) is 0 Å². The van der Waals surface area contributed by atoms with Crippen molar-refractivity contribution in [3.8, 4) is 0 Å². The summed E-state index contributed by atoms with van der Waals surface area (Å²) in [5.41, 5.74) is -0.645. The van der Waals surface area contributed by atoms with Gasteiger partial charge >= 0.3 is 11.9 Å². The number of ether oxygens (including phenoxy) is 2. The summed E-state index contributed by atoms with van der Waals surface area (Å²) >= 11 is 0. The second-order valence-corrected chi connectivity index (χ2v) is 9.00. The Hall–Kier alpha value is -1.92. The van der Waals surface area contributed by atoms with Crippen LogP contribution < -0.4 is 5.32 Å². The van der Waals surface area contributed by atoms with Gasteiger partial charge in [0.25, 0.3) is 0 Å². The van der Waals surface area contributed by atoms with Gasteiger partial charge in [-0.2, -0.15) is 0 Å². The molecule has 0 spiro atoms. The summed E-state index contributed by atoms with van der Waals surface area (Å²) in [5.74, 6) is -2.26. The normalized spacial score (nSPS) is 17.1. The molecule has 0 aliphatic heterocycles. The van der Waals surface area contributed by atoms with Gasteiger partial charge in [0.15, 0.2) is 11.8 Å². The minimum atomic E-state index is -1.35. The average Bonchev–Trinajstić information content (AvgIpc) is 2.63. The van der Waals surface area contributed by atoms with Gasteiger partial charge in [0.1, 0.15) is 5.60 Å². The number of hydrogen-bond donors (Lipinski definition) is 1. The van der Waals surface area contributed by atoms with Gasteiger partial charge in [-0.3, -0.25) is 14.4 Å². The SMILES string of the molecule is COC(=O)C(NC(=O)[C@H](CCCC1CCCCC1)CC(=O)OC(C)(C)C)C(C)=O. The van der Waals surface area contributed by atoms with E-state index < -0.39 is 41.2 Å². The smallest absolute Gasteiger partial charge is 0.336 e. The van der Waals surface area contributed by atoms with Crippen molar-refractivity contribution in [1.29, 1.82) is 0 Å². The fourth-order valence-corrected chi connectivity index (χ4v) is 3.74. The van der Waals surface area contributed by atoms with Crippen LogP contribution in [0.15, 0.2) is 0 Å². The topological polar surface area (TPSA) is 98.8 Å². The van der Waals surface area contributed by atoms with Gasteiger partial charge in [-0.05, 0) is 40.0 Å². The molecule has 0 aromatic carbocycles. The van der Waals surface area contributed by atoms with Crippen molar-refractivity contribution in [3.63, 3.8) is 0 Å². The molecule has 1 rings (SSSR count). The van der Waals surface area contributed by atoms with Gasteiger partial charge in [0.2, 0.25) is 5.91 Å². The van der Waals surface area contributed by atoms with Crippen LogP contribution in [0, 0.1) is 11.8 Å². The average molecular weight is 412 g/mol. The summed E-state index contributed by atoms with van der Waals surface area (Å²) in [6.45, 7) is 6.53. The van der Waals surface area contributed by atoms with Crippen molar-refractivity contribution < 1.29 is 28.7 Å². The third-order valence-electron chi connectivity index (χ3n) is 5.22. The predicted octanol–water partition coefficient (Wildman–Crippen LogP) is 3.33. The summed E-state index contributed by atoms with van der Waals surface area (Å²) < 4.78 is 9.95. The highest BCUT2D eigenvalue weighted by molar-refractivity contribution is 6.05. The Morgan fingerprint density at radius 2 is 1.69 bits per heavy atom. The molecule has 1 aliphatic rings. The predicted molar refractivity (Wildman–Crippen MR) is 109 cm³/mol. The molecule has 1 amide bonds. The van der Waals surface area contributed by atoms with Crippen LogP contribution in [0.4, 0.5) is 0 Å². The van der Waals surface area contributed by atoms with Gasteiger partial charge in [-0.1, -0.05) is 44.9 Å². The molecule has 7 heteroatoms. The molecular weight excluding hydrogens is 374 g/mol. The molecule has 2 atom stereocenters. The fraction of sp³-hybridized carbons (Fsp3) is 0.818. The van der Waals surface area contributed by atoms with Crippen LogP contribution in [0.3, 0.4) is 0 Å². The highest BCUT2D eigenvalue weighted by atomic mass is 16.6. The molecule has 166 valence electrons. The van der Waals surface area contributed by atoms with Gasteiger partial charge in [0, 0.05) is 5.92 Å². The Morgan fingerprint density at radius 3 is 2.21 bits per heavy atom. The first-order valence-electron chi connectivity index (χ1n) is 10.6. The van der Waals surface area contributed by atoms with E-state index >= 15 is 0 Å². The summed E-state index contributed by atoms with van der Waals surface area (Å²) in [7, 11) is 1.16. The van der Waals surface area contributed by atoms with Crippen LogP contribution in [0.2, 0.25) is 0 Å². The number of Topliss-reactive ketones (excluding diaryl/α,β-unsaturated/α-hetero) is 1. The Bertz CT molecular complexity index is 574. The lowest BCUT2D eigenvalue weighted by Gasteiger charge is -2.24. The largest absolute Gasteiger partial charge is 0.467 e. The zero-order valence-corrected chi connectivity index (χ0v) is 18.5. The van der Waals surface area contributed by atoms with E-state index in [1.165, 1.54) is 39.0 Å². The lowest BCUT2D eigenvalue weighted by atomic mass is 9.84. The van der Waals surface area contributed by atoms with E-state index in [-0.39, 0.29) is 6.42 Å². The minimum Gasteiger partial charge on any atom is -0.467 e. The maximum absolute atomic E-state index is 12.8. The van der Waals surface area contributed by atoms with Gasteiger partial charge in [0.05, 0.1) is 13.5 Å². The molecule has 0 aromatic rings. The second-order valence-electron chi connectivity index (χ2n) is 9.00. The van der Waals surface area contributed by atoms with Crippen molar-refractivity contribution in [2.24, 2.45) is 11.8 Å². The molecule has 0 bridgehead atoms. The molecule has 0 aromatic heterocycles. The lowest BCUT2D eigenvalue weighted by molar-refractivity contribution is -0.157. The van der Waals surface area contributed by atoms with E-state index in [0.717, 1.165) is 20.0 Å². The number of carbonyl (C=O) groups is 4. The zero-order valence-electron chi connectivity index (χ0n) is 18.5. The Kier molecular flexibility index (Phi) is 10.3. The van der Waals surface area contributed by atoms with Crippen molar-refractivity contribution in [2.75, 3.05) is 7.11 Å². The summed E-state index contributed by atoms with van der Waals surface area (Å²) in [4.78, 5) is 48.6. The molecule has 1 aliphatic carbocycles. The number of esters is 2. The molecule has 0 saturated heterocycles. The van der Waals surface area contributed by atoms with Crippen LogP contribution in [0.25, 0.3) is 0 Å². The number of methoxy groups -OCH3 is 1. The van der Waals surface area contributed by atoms with Crippen LogP contribution >= 0.6 is 0 Å². The zero-order chi connectivity index (χ0) is 22.0. The van der Waals surface area contributed by atoms with E-state index in [1.807, 2.05) is 0 Å². The summed E-state index contributed by atoms with van der Waals surface area (Å²) in [5, 5.41) is 2.45. The van der Waals surface area contributed by atoms with E-state index in [9.17, 15) is 19.2 Å². The van der Waals surface area contributed by atoms with E-state index in [1.54, 1.807) is 20.8 Å². The number of amides is 1. The third-order valence-corrected chi connectivity index (χ3v) is 5.22. The second kappa shape index (κ2) is 11.9. The van der Waals surface area contributed by atoms with E-state index in [0.29, 0.717) is 12.3 Å². The highest BCUT2D eigenvalue weighted by Gasteiger charge is 2.31. The first-order chi connectivity index (χ1) is 13.5. The number of rotatable bonds is 10. The quantitative estimate of drug-likeness (QED) is 0.437. The van der Waals surface area contributed by atoms with Crippen molar-refractivity contribution >= 4 is 23.6 Å². The van der Waals surface area contributed by atoms with Gasteiger partial charge in [-0.15, -0.1) is 0 Å².